The molecule has 0 unspecified atom stereocenters. The number of rotatable bonds is 2. The summed E-state index contributed by atoms with van der Waals surface area (Å²) in [7, 11) is 2.17. The van der Waals surface area contributed by atoms with Crippen LogP contribution >= 0.6 is 0 Å². The number of likely N-dealkylation sites (N-methyl/N-ethyl adjacent to an activating group) is 1. The molecule has 0 amide bonds. The molecule has 1 saturated heterocycles. The summed E-state index contributed by atoms with van der Waals surface area (Å²) in [4.78, 5) is 9.77. The lowest BCUT2D eigenvalue weighted by atomic mass is 10.1. The van der Waals surface area contributed by atoms with Crippen molar-refractivity contribution in [1.82, 2.24) is 24.7 Å². The fourth-order valence-electron chi connectivity index (χ4n) is 3.59. The van der Waals surface area contributed by atoms with Gasteiger partial charge in [-0.05, 0) is 19.2 Å². The fourth-order valence-corrected chi connectivity index (χ4v) is 3.59. The number of nitrogens with zero attached hydrogens (tertiary/aromatic N) is 6. The lowest BCUT2D eigenvalue weighted by Gasteiger charge is -2.33. The molecule has 4 aromatic rings. The third-order valence-corrected chi connectivity index (χ3v) is 5.08. The quantitative estimate of drug-likeness (QED) is 0.560. The molecule has 2 aromatic heterocycles. The van der Waals surface area contributed by atoms with Crippen LogP contribution in [0.3, 0.4) is 0 Å². The van der Waals surface area contributed by atoms with Crippen molar-refractivity contribution in [3.63, 3.8) is 0 Å². The van der Waals surface area contributed by atoms with Gasteiger partial charge in [-0.2, -0.15) is 4.52 Å². The van der Waals surface area contributed by atoms with Crippen LogP contribution < -0.4 is 4.90 Å². The normalized spacial score (nSPS) is 15.8. The molecule has 0 atom stereocenters. The van der Waals surface area contributed by atoms with Crippen molar-refractivity contribution >= 4 is 22.4 Å². The minimum absolute atomic E-state index is 0.809. The Hall–Kier alpha value is -2.99. The van der Waals surface area contributed by atoms with E-state index in [9.17, 15) is 0 Å². The van der Waals surface area contributed by atoms with Crippen LogP contribution in [0.5, 0.6) is 0 Å². The summed E-state index contributed by atoms with van der Waals surface area (Å²) in [6.45, 7) is 4.05. The Labute approximate surface area is 151 Å². The van der Waals surface area contributed by atoms with Crippen molar-refractivity contribution in [2.24, 2.45) is 0 Å². The molecule has 0 bridgehead atoms. The number of hydrogen-bond acceptors (Lipinski definition) is 5. The van der Waals surface area contributed by atoms with Crippen LogP contribution in [0.1, 0.15) is 0 Å². The van der Waals surface area contributed by atoms with E-state index in [1.807, 2.05) is 28.8 Å². The van der Waals surface area contributed by atoms with Crippen molar-refractivity contribution in [2.75, 3.05) is 38.1 Å². The van der Waals surface area contributed by atoms with E-state index >= 15 is 0 Å². The van der Waals surface area contributed by atoms with Gasteiger partial charge in [-0.1, -0.05) is 47.7 Å². The molecule has 0 N–H and O–H groups in total. The van der Waals surface area contributed by atoms with Crippen LogP contribution in [0.2, 0.25) is 0 Å². The standard InChI is InChI=1S/C20H20N6/c1-24-11-13-25(14-12-24)19-16-9-5-6-10-17(16)26-20(21-19)18(22-23-26)15-7-3-2-4-8-15/h2-10H,11-14H2,1H3. The van der Waals surface area contributed by atoms with E-state index in [1.165, 1.54) is 0 Å². The molecule has 1 fully saturated rings. The van der Waals surface area contributed by atoms with Crippen molar-refractivity contribution in [2.45, 2.75) is 0 Å². The summed E-state index contributed by atoms with van der Waals surface area (Å²) < 4.78 is 1.86. The summed E-state index contributed by atoms with van der Waals surface area (Å²) in [5.41, 5.74) is 3.71. The van der Waals surface area contributed by atoms with E-state index in [4.69, 9.17) is 4.98 Å². The van der Waals surface area contributed by atoms with Gasteiger partial charge in [-0.15, -0.1) is 5.10 Å². The maximum Gasteiger partial charge on any atom is 0.186 e. The van der Waals surface area contributed by atoms with Gasteiger partial charge in [-0.25, -0.2) is 4.98 Å². The lowest BCUT2D eigenvalue weighted by Crippen LogP contribution is -2.45. The summed E-state index contributed by atoms with van der Waals surface area (Å²) in [6, 6.07) is 18.5. The summed E-state index contributed by atoms with van der Waals surface area (Å²) in [5.74, 6) is 1.03. The van der Waals surface area contributed by atoms with Crippen molar-refractivity contribution in [3.8, 4) is 11.3 Å². The Bertz CT molecular complexity index is 1060. The van der Waals surface area contributed by atoms with Crippen LogP contribution in [0.25, 0.3) is 27.8 Å². The van der Waals surface area contributed by atoms with Gasteiger partial charge in [0.15, 0.2) is 5.65 Å². The Morgan fingerprint density at radius 3 is 2.38 bits per heavy atom. The van der Waals surface area contributed by atoms with Gasteiger partial charge in [0.1, 0.15) is 11.5 Å². The fraction of sp³-hybridized carbons (Fsp3) is 0.250. The highest BCUT2D eigenvalue weighted by Crippen LogP contribution is 2.30. The minimum Gasteiger partial charge on any atom is -0.353 e. The SMILES string of the molecule is CN1CCN(c2nc3c(-c4ccccc4)nnn3c3ccccc23)CC1. The number of aromatic nitrogens is 4. The molecule has 5 rings (SSSR count). The molecule has 130 valence electrons. The first-order valence-electron chi connectivity index (χ1n) is 8.94. The minimum atomic E-state index is 0.809. The number of anilines is 1. The topological polar surface area (TPSA) is 49.6 Å². The highest BCUT2D eigenvalue weighted by Gasteiger charge is 2.21. The first-order valence-corrected chi connectivity index (χ1v) is 8.94. The molecule has 3 heterocycles. The zero-order valence-electron chi connectivity index (χ0n) is 14.7. The number of para-hydroxylation sites is 1. The van der Waals surface area contributed by atoms with Crippen LogP contribution in [-0.2, 0) is 0 Å². The average Bonchev–Trinajstić information content (AvgIpc) is 3.13. The summed E-state index contributed by atoms with van der Waals surface area (Å²) in [5, 5.41) is 9.96. The molecule has 0 saturated carbocycles. The van der Waals surface area contributed by atoms with Gasteiger partial charge in [0, 0.05) is 37.1 Å². The number of benzene rings is 2. The van der Waals surface area contributed by atoms with Crippen LogP contribution in [0.4, 0.5) is 5.82 Å². The molecular weight excluding hydrogens is 324 g/mol. The zero-order chi connectivity index (χ0) is 17.5. The third-order valence-electron chi connectivity index (χ3n) is 5.08. The second-order valence-corrected chi connectivity index (χ2v) is 6.78. The predicted molar refractivity (Wildman–Crippen MR) is 103 cm³/mol. The van der Waals surface area contributed by atoms with Crippen molar-refractivity contribution in [1.29, 1.82) is 0 Å². The van der Waals surface area contributed by atoms with Gasteiger partial charge in [-0.3, -0.25) is 0 Å². The second kappa shape index (κ2) is 6.07. The van der Waals surface area contributed by atoms with Crippen LogP contribution in [0.15, 0.2) is 54.6 Å². The van der Waals surface area contributed by atoms with E-state index in [1.54, 1.807) is 0 Å². The second-order valence-electron chi connectivity index (χ2n) is 6.78. The monoisotopic (exact) mass is 344 g/mol. The first-order chi connectivity index (χ1) is 12.8. The molecular formula is C20H20N6. The Balaban J connectivity index is 1.75. The molecule has 0 spiro atoms. The number of fused-ring (bicyclic) bond motifs is 3. The van der Waals surface area contributed by atoms with E-state index in [-0.39, 0.29) is 0 Å². The smallest absolute Gasteiger partial charge is 0.186 e. The van der Waals surface area contributed by atoms with Gasteiger partial charge >= 0.3 is 0 Å². The van der Waals surface area contributed by atoms with Gasteiger partial charge in [0.05, 0.1) is 5.52 Å². The average molecular weight is 344 g/mol. The maximum atomic E-state index is 5.03. The van der Waals surface area contributed by atoms with E-state index < -0.39 is 0 Å². The summed E-state index contributed by atoms with van der Waals surface area (Å²) >= 11 is 0. The third kappa shape index (κ3) is 2.42. The van der Waals surface area contributed by atoms with E-state index in [0.717, 1.165) is 59.8 Å². The van der Waals surface area contributed by atoms with Gasteiger partial charge in [0.2, 0.25) is 0 Å². The number of hydrogen-bond donors (Lipinski definition) is 0. The van der Waals surface area contributed by atoms with Crippen LogP contribution in [0, 0.1) is 0 Å². The van der Waals surface area contributed by atoms with E-state index in [2.05, 4.69) is 57.5 Å². The maximum absolute atomic E-state index is 5.03. The predicted octanol–water partition coefficient (Wildman–Crippen LogP) is 2.70. The van der Waals surface area contributed by atoms with Gasteiger partial charge < -0.3 is 9.80 Å². The highest BCUT2D eigenvalue weighted by molar-refractivity contribution is 5.93. The molecule has 6 nitrogen and oxygen atoms in total. The van der Waals surface area contributed by atoms with Crippen molar-refractivity contribution in [3.05, 3.63) is 54.6 Å². The molecule has 1 aliphatic heterocycles. The van der Waals surface area contributed by atoms with Crippen molar-refractivity contribution < 1.29 is 0 Å². The molecule has 2 aromatic carbocycles. The Morgan fingerprint density at radius 1 is 0.846 bits per heavy atom. The van der Waals surface area contributed by atoms with Crippen LogP contribution in [-0.4, -0.2) is 57.9 Å². The molecule has 0 aliphatic carbocycles. The molecule has 0 radical (unpaired) electrons. The Morgan fingerprint density at radius 2 is 1.58 bits per heavy atom. The van der Waals surface area contributed by atoms with Gasteiger partial charge in [0.25, 0.3) is 0 Å². The van der Waals surface area contributed by atoms with E-state index in [0.29, 0.717) is 0 Å². The lowest BCUT2D eigenvalue weighted by molar-refractivity contribution is 0.312. The molecule has 26 heavy (non-hydrogen) atoms. The largest absolute Gasteiger partial charge is 0.353 e. The molecule has 1 aliphatic rings. The molecule has 6 heteroatoms. The first kappa shape index (κ1) is 15.3. The Kier molecular flexibility index (Phi) is 3.57. The summed E-state index contributed by atoms with van der Waals surface area (Å²) in [6.07, 6.45) is 0. The number of piperazine rings is 1. The zero-order valence-corrected chi connectivity index (χ0v) is 14.7. The highest BCUT2D eigenvalue weighted by atomic mass is 15.4.